The Balaban J connectivity index is 1.05. The van der Waals surface area contributed by atoms with E-state index in [1.54, 1.807) is 12.3 Å². The molecule has 0 radical (unpaired) electrons. The zero-order chi connectivity index (χ0) is 35.4. The molecular formula is C37H38F2N8O3. The van der Waals surface area contributed by atoms with Crippen molar-refractivity contribution in [2.24, 2.45) is 7.05 Å². The summed E-state index contributed by atoms with van der Waals surface area (Å²) in [6.45, 7) is 2.01. The molecule has 0 aliphatic carbocycles. The van der Waals surface area contributed by atoms with Gasteiger partial charge in [-0.15, -0.1) is 0 Å². The summed E-state index contributed by atoms with van der Waals surface area (Å²) >= 11 is 0. The summed E-state index contributed by atoms with van der Waals surface area (Å²) in [5, 5.41) is 6.78. The van der Waals surface area contributed by atoms with Crippen LogP contribution in [0.5, 0.6) is 0 Å². The molecule has 1 aliphatic heterocycles. The minimum atomic E-state index is -1.10. The molecule has 1 saturated heterocycles. The second-order valence-corrected chi connectivity index (χ2v) is 12.5. The molecule has 5 aromatic rings. The summed E-state index contributed by atoms with van der Waals surface area (Å²) in [5.74, 6) is -2.34. The number of carbonyl (C=O) groups is 1. The van der Waals surface area contributed by atoms with Crippen molar-refractivity contribution in [2.75, 3.05) is 43.9 Å². The van der Waals surface area contributed by atoms with Crippen LogP contribution < -0.4 is 26.8 Å². The van der Waals surface area contributed by atoms with Crippen LogP contribution in [0, 0.1) is 11.6 Å². The Hall–Kier alpha value is -5.69. The van der Waals surface area contributed by atoms with Gasteiger partial charge in [-0.2, -0.15) is 0 Å². The Bertz CT molecular complexity index is 2170. The molecule has 0 bridgehead atoms. The molecule has 0 saturated carbocycles. The molecule has 11 nitrogen and oxygen atoms in total. The van der Waals surface area contributed by atoms with Gasteiger partial charge in [0.05, 0.1) is 12.1 Å². The van der Waals surface area contributed by atoms with Crippen molar-refractivity contribution in [2.45, 2.75) is 25.4 Å². The molecule has 258 valence electrons. The van der Waals surface area contributed by atoms with Gasteiger partial charge in [-0.1, -0.05) is 24.3 Å². The standard InChI is InChI=1S/C37H38F2N8O3/c1-44-17-14-29(15-18-44)46(3)28-10-8-27(9-11-28)42-36-41-21-26-19-24(7-13-33(26)43-36)5-4-16-40-34(48)30-23-45(2)37(50)47(35(30)49)22-25-6-12-31(38)32(39)20-25/h4-13,19-21,23,29H,14-18,22H2,1-3H3,(H,40,48)(H,41,42,43)/b5-4+. The van der Waals surface area contributed by atoms with Gasteiger partial charge in [0.15, 0.2) is 11.6 Å². The molecule has 0 atom stereocenters. The number of anilines is 3. The zero-order valence-electron chi connectivity index (χ0n) is 28.1. The highest BCUT2D eigenvalue weighted by Gasteiger charge is 2.21. The molecule has 1 amide bonds. The second kappa shape index (κ2) is 14.8. The number of aromatic nitrogens is 4. The van der Waals surface area contributed by atoms with Crippen LogP contribution >= 0.6 is 0 Å². The number of nitrogens with one attached hydrogen (secondary N) is 2. The highest BCUT2D eigenvalue weighted by atomic mass is 19.2. The normalized spacial score (nSPS) is 13.9. The van der Waals surface area contributed by atoms with Crippen LogP contribution in [-0.2, 0) is 13.6 Å². The van der Waals surface area contributed by atoms with Gasteiger partial charge < -0.3 is 25.0 Å². The summed E-state index contributed by atoms with van der Waals surface area (Å²) in [7, 11) is 5.72. The van der Waals surface area contributed by atoms with Crippen molar-refractivity contribution < 1.29 is 13.6 Å². The predicted octanol–water partition coefficient (Wildman–Crippen LogP) is 4.53. The molecule has 2 aromatic heterocycles. The number of nitrogens with zero attached hydrogens (tertiary/aromatic N) is 6. The lowest BCUT2D eigenvalue weighted by Gasteiger charge is -2.36. The summed E-state index contributed by atoms with van der Waals surface area (Å²) in [5.41, 5.74) is 2.11. The molecule has 13 heteroatoms. The van der Waals surface area contributed by atoms with E-state index in [-0.39, 0.29) is 24.2 Å². The van der Waals surface area contributed by atoms with Gasteiger partial charge in [0.25, 0.3) is 11.5 Å². The zero-order valence-corrected chi connectivity index (χ0v) is 28.1. The van der Waals surface area contributed by atoms with E-state index in [4.69, 9.17) is 0 Å². The highest BCUT2D eigenvalue weighted by Crippen LogP contribution is 2.25. The molecule has 0 unspecified atom stereocenters. The molecule has 3 aromatic carbocycles. The van der Waals surface area contributed by atoms with Crippen LogP contribution in [0.25, 0.3) is 17.0 Å². The van der Waals surface area contributed by atoms with Gasteiger partial charge in [-0.05, 0) is 92.6 Å². The lowest BCUT2D eigenvalue weighted by molar-refractivity contribution is 0.0954. The van der Waals surface area contributed by atoms with Crippen molar-refractivity contribution in [1.82, 2.24) is 29.3 Å². The van der Waals surface area contributed by atoms with E-state index in [0.717, 1.165) is 75.5 Å². The summed E-state index contributed by atoms with van der Waals surface area (Å²) < 4.78 is 28.9. The largest absolute Gasteiger partial charge is 0.372 e. The van der Waals surface area contributed by atoms with Crippen LogP contribution in [0.3, 0.4) is 0 Å². The van der Waals surface area contributed by atoms with E-state index in [1.165, 1.54) is 18.8 Å². The predicted molar refractivity (Wildman–Crippen MR) is 191 cm³/mol. The minimum Gasteiger partial charge on any atom is -0.372 e. The van der Waals surface area contributed by atoms with E-state index < -0.39 is 28.8 Å². The minimum absolute atomic E-state index is 0.105. The Kier molecular flexibility index (Phi) is 10.1. The quantitative estimate of drug-likeness (QED) is 0.221. The first-order valence-electron chi connectivity index (χ1n) is 16.3. The average Bonchev–Trinajstić information content (AvgIpc) is 3.12. The van der Waals surface area contributed by atoms with Crippen molar-refractivity contribution in [3.63, 3.8) is 0 Å². The fraction of sp³-hybridized carbons (Fsp3) is 0.270. The number of carbonyl (C=O) groups excluding carboxylic acids is 1. The Morgan fingerprint density at radius 3 is 2.50 bits per heavy atom. The lowest BCUT2D eigenvalue weighted by Crippen LogP contribution is -2.43. The van der Waals surface area contributed by atoms with Crippen LogP contribution in [0.1, 0.15) is 34.3 Å². The molecule has 50 heavy (non-hydrogen) atoms. The van der Waals surface area contributed by atoms with E-state index >= 15 is 0 Å². The number of aryl methyl sites for hydroxylation is 1. The van der Waals surface area contributed by atoms with E-state index in [0.29, 0.717) is 12.0 Å². The van der Waals surface area contributed by atoms with Crippen molar-refractivity contribution >= 4 is 40.2 Å². The molecule has 2 N–H and O–H groups in total. The number of hydrogen-bond acceptors (Lipinski definition) is 8. The average molecular weight is 681 g/mol. The highest BCUT2D eigenvalue weighted by molar-refractivity contribution is 5.93. The smallest absolute Gasteiger partial charge is 0.331 e. The van der Waals surface area contributed by atoms with E-state index in [9.17, 15) is 23.2 Å². The van der Waals surface area contributed by atoms with Gasteiger partial charge >= 0.3 is 5.69 Å². The molecule has 0 spiro atoms. The monoisotopic (exact) mass is 680 g/mol. The fourth-order valence-corrected chi connectivity index (χ4v) is 6.00. The van der Waals surface area contributed by atoms with Gasteiger partial charge in [0.2, 0.25) is 5.95 Å². The number of amides is 1. The van der Waals surface area contributed by atoms with Crippen LogP contribution in [0.15, 0.2) is 88.7 Å². The fourth-order valence-electron chi connectivity index (χ4n) is 6.00. The molecule has 6 rings (SSSR count). The number of rotatable bonds is 10. The number of hydrogen-bond donors (Lipinski definition) is 2. The number of piperidine rings is 1. The number of halogens is 2. The van der Waals surface area contributed by atoms with Gasteiger partial charge in [0, 0.05) is 55.8 Å². The summed E-state index contributed by atoms with van der Waals surface area (Å²) in [4.78, 5) is 52.4. The Morgan fingerprint density at radius 2 is 1.76 bits per heavy atom. The first-order valence-corrected chi connectivity index (χ1v) is 16.3. The SMILES string of the molecule is CN1CCC(N(C)c2ccc(Nc3ncc4cc(/C=C/CNC(=O)c5cn(C)c(=O)n(Cc6ccc(F)c(F)c6)c5=O)ccc4n3)cc2)CC1. The topological polar surface area (TPSA) is 117 Å². The Morgan fingerprint density at radius 1 is 1.00 bits per heavy atom. The van der Waals surface area contributed by atoms with E-state index in [1.807, 2.05) is 36.4 Å². The molecular weight excluding hydrogens is 642 g/mol. The number of benzene rings is 3. The number of likely N-dealkylation sites (tertiary alicyclic amines) is 1. The summed E-state index contributed by atoms with van der Waals surface area (Å²) in [6, 6.07) is 17.6. The van der Waals surface area contributed by atoms with Crippen LogP contribution in [-0.4, -0.2) is 69.7 Å². The molecule has 1 fully saturated rings. The third-order valence-corrected chi connectivity index (χ3v) is 8.96. The first kappa shape index (κ1) is 34.2. The molecule has 3 heterocycles. The second-order valence-electron chi connectivity index (χ2n) is 12.5. The summed E-state index contributed by atoms with van der Waals surface area (Å²) in [6.07, 6.45) is 8.76. The van der Waals surface area contributed by atoms with Gasteiger partial charge in [-0.25, -0.2) is 23.5 Å². The lowest BCUT2D eigenvalue weighted by atomic mass is 10.0. The van der Waals surface area contributed by atoms with Crippen molar-refractivity contribution in [3.05, 3.63) is 128 Å². The van der Waals surface area contributed by atoms with Crippen LogP contribution in [0.2, 0.25) is 0 Å². The van der Waals surface area contributed by atoms with Gasteiger partial charge in [0.1, 0.15) is 5.56 Å². The first-order chi connectivity index (χ1) is 24.0. The maximum Gasteiger partial charge on any atom is 0.331 e. The maximum absolute atomic E-state index is 13.7. The Labute approximate surface area is 287 Å². The maximum atomic E-state index is 13.7. The van der Waals surface area contributed by atoms with Gasteiger partial charge in [-0.3, -0.25) is 14.2 Å². The van der Waals surface area contributed by atoms with E-state index in [2.05, 4.69) is 56.6 Å². The van der Waals surface area contributed by atoms with Crippen molar-refractivity contribution in [1.29, 1.82) is 0 Å². The number of fused-ring (bicyclic) bond motifs is 1. The third kappa shape index (κ3) is 7.78. The molecule has 1 aliphatic rings. The van der Waals surface area contributed by atoms with Crippen molar-refractivity contribution in [3.8, 4) is 0 Å². The third-order valence-electron chi connectivity index (χ3n) is 8.96. The van der Waals surface area contributed by atoms with Crippen LogP contribution in [0.4, 0.5) is 26.1 Å².